The molecule has 0 fully saturated rings. The Morgan fingerprint density at radius 1 is 1.21 bits per heavy atom. The molecule has 0 aliphatic rings. The molecular weight excluding hydrogens is 448 g/mol. The van der Waals surface area contributed by atoms with Gasteiger partial charge in [-0.25, -0.2) is 0 Å². The van der Waals surface area contributed by atoms with Gasteiger partial charge in [0.25, 0.3) is 0 Å². The molecule has 1 N–H and O–H groups in total. The highest BCUT2D eigenvalue weighted by molar-refractivity contribution is 9.25. The zero-order valence-electron chi connectivity index (χ0n) is 6.60. The highest BCUT2D eigenvalue weighted by Crippen LogP contribution is 2.34. The summed E-state index contributed by atoms with van der Waals surface area (Å²) in [5.74, 6) is -0.0198. The average molecular weight is 452 g/mol. The van der Waals surface area contributed by atoms with Crippen LogP contribution in [-0.2, 0) is 0 Å². The number of halogens is 4. The van der Waals surface area contributed by atoms with Crippen molar-refractivity contribution < 1.29 is 9.90 Å². The summed E-state index contributed by atoms with van der Waals surface area (Å²) in [5, 5.41) is 9.42. The SMILES string of the molecule is O=C(c1cc(Br)c(O)c(Br)c1)C(Br)Br. The lowest BCUT2D eigenvalue weighted by atomic mass is 10.1. The van der Waals surface area contributed by atoms with Crippen LogP contribution in [0.5, 0.6) is 5.75 Å². The normalized spacial score (nSPS) is 10.6. The molecule has 1 aromatic rings. The molecule has 76 valence electrons. The van der Waals surface area contributed by atoms with Gasteiger partial charge in [-0.1, -0.05) is 31.9 Å². The fraction of sp³-hybridized carbons (Fsp3) is 0.125. The van der Waals surface area contributed by atoms with E-state index in [2.05, 4.69) is 63.7 Å². The number of hydrogen-bond acceptors (Lipinski definition) is 2. The number of phenols is 1. The summed E-state index contributed by atoms with van der Waals surface area (Å²) >= 11 is 12.5. The Balaban J connectivity index is 3.19. The lowest BCUT2D eigenvalue weighted by molar-refractivity contribution is 0.101. The first-order valence-corrected chi connectivity index (χ1v) is 6.85. The summed E-state index contributed by atoms with van der Waals surface area (Å²) < 4.78 is 0.546. The number of hydrogen-bond donors (Lipinski definition) is 1. The average Bonchev–Trinajstić information content (AvgIpc) is 2.12. The number of ketones is 1. The van der Waals surface area contributed by atoms with Gasteiger partial charge in [-0.3, -0.25) is 4.79 Å². The maximum atomic E-state index is 11.5. The molecule has 0 saturated heterocycles. The molecule has 14 heavy (non-hydrogen) atoms. The van der Waals surface area contributed by atoms with Crippen molar-refractivity contribution in [1.29, 1.82) is 0 Å². The first-order chi connectivity index (χ1) is 6.43. The lowest BCUT2D eigenvalue weighted by Crippen LogP contribution is -2.06. The van der Waals surface area contributed by atoms with Crippen molar-refractivity contribution in [2.75, 3.05) is 0 Å². The second-order valence-electron chi connectivity index (χ2n) is 2.45. The summed E-state index contributed by atoms with van der Waals surface area (Å²) in [6.07, 6.45) is 0. The monoisotopic (exact) mass is 448 g/mol. The minimum Gasteiger partial charge on any atom is -0.506 e. The van der Waals surface area contributed by atoms with Crippen LogP contribution in [0.3, 0.4) is 0 Å². The van der Waals surface area contributed by atoms with Gasteiger partial charge in [-0.2, -0.15) is 0 Å². The van der Waals surface area contributed by atoms with Gasteiger partial charge in [0, 0.05) is 5.56 Å². The maximum absolute atomic E-state index is 11.5. The van der Waals surface area contributed by atoms with Crippen LogP contribution in [0.25, 0.3) is 0 Å². The van der Waals surface area contributed by atoms with Crippen LogP contribution >= 0.6 is 63.7 Å². The van der Waals surface area contributed by atoms with Crippen LogP contribution in [0, 0.1) is 0 Å². The predicted molar refractivity (Wildman–Crippen MR) is 69.5 cm³/mol. The molecule has 0 atom stereocenters. The Labute approximate surface area is 115 Å². The van der Waals surface area contributed by atoms with Gasteiger partial charge in [0.05, 0.1) is 8.95 Å². The highest BCUT2D eigenvalue weighted by atomic mass is 79.9. The topological polar surface area (TPSA) is 37.3 Å². The van der Waals surface area contributed by atoms with Crippen LogP contribution in [0.15, 0.2) is 21.1 Å². The Morgan fingerprint density at radius 3 is 2.00 bits per heavy atom. The van der Waals surface area contributed by atoms with Crippen LogP contribution in [0.4, 0.5) is 0 Å². The number of alkyl halides is 2. The Kier molecular flexibility index (Phi) is 4.61. The van der Waals surface area contributed by atoms with Gasteiger partial charge in [0.2, 0.25) is 0 Å². The molecule has 0 aromatic heterocycles. The molecular formula is C8H4Br4O2. The molecule has 0 aliphatic carbocycles. The third kappa shape index (κ3) is 2.81. The minimum atomic E-state index is -0.418. The number of rotatable bonds is 2. The summed E-state index contributed by atoms with van der Waals surface area (Å²) in [6.45, 7) is 0. The molecule has 0 unspecified atom stereocenters. The third-order valence-electron chi connectivity index (χ3n) is 1.50. The molecule has 0 saturated carbocycles. The van der Waals surface area contributed by atoms with Crippen molar-refractivity contribution in [1.82, 2.24) is 0 Å². The largest absolute Gasteiger partial charge is 0.506 e. The number of benzene rings is 1. The number of aromatic hydroxyl groups is 1. The Morgan fingerprint density at radius 2 is 1.64 bits per heavy atom. The fourth-order valence-corrected chi connectivity index (χ4v) is 2.55. The van der Waals surface area contributed by atoms with Gasteiger partial charge >= 0.3 is 0 Å². The van der Waals surface area contributed by atoms with E-state index in [-0.39, 0.29) is 11.5 Å². The van der Waals surface area contributed by atoms with Crippen LogP contribution in [-0.4, -0.2) is 14.6 Å². The zero-order valence-corrected chi connectivity index (χ0v) is 12.9. The predicted octanol–water partition coefficient (Wildman–Crippen LogP) is 4.22. The van der Waals surface area contributed by atoms with E-state index in [1.54, 1.807) is 12.1 Å². The van der Waals surface area contributed by atoms with Crippen molar-refractivity contribution in [2.45, 2.75) is 3.74 Å². The van der Waals surface area contributed by atoms with Crippen molar-refractivity contribution in [3.8, 4) is 5.75 Å². The molecule has 2 nitrogen and oxygen atoms in total. The third-order valence-corrected chi connectivity index (χ3v) is 3.54. The van der Waals surface area contributed by atoms with Gasteiger partial charge in [-0.15, -0.1) is 0 Å². The van der Waals surface area contributed by atoms with E-state index in [9.17, 15) is 9.90 Å². The van der Waals surface area contributed by atoms with E-state index in [1.807, 2.05) is 0 Å². The zero-order chi connectivity index (χ0) is 10.9. The Bertz CT molecular complexity index is 353. The molecule has 0 amide bonds. The smallest absolute Gasteiger partial charge is 0.187 e. The molecule has 0 radical (unpaired) electrons. The molecule has 1 aromatic carbocycles. The van der Waals surface area contributed by atoms with Gasteiger partial charge in [-0.05, 0) is 44.0 Å². The summed E-state index contributed by atoms with van der Waals surface area (Å²) in [7, 11) is 0. The minimum absolute atomic E-state index is 0.0854. The lowest BCUT2D eigenvalue weighted by Gasteiger charge is -2.05. The van der Waals surface area contributed by atoms with E-state index in [0.29, 0.717) is 14.5 Å². The number of phenolic OH excluding ortho intramolecular Hbond substituents is 1. The molecule has 1 rings (SSSR count). The van der Waals surface area contributed by atoms with E-state index >= 15 is 0 Å². The summed E-state index contributed by atoms with van der Waals surface area (Å²) in [4.78, 5) is 11.5. The second kappa shape index (κ2) is 5.09. The number of Topliss-reactive ketones (excluding diaryl/α,β-unsaturated/α-hetero) is 1. The molecule has 0 aliphatic heterocycles. The fourth-order valence-electron chi connectivity index (χ4n) is 0.834. The number of carbonyl (C=O) groups excluding carboxylic acids is 1. The summed E-state index contributed by atoms with van der Waals surface area (Å²) in [6, 6.07) is 3.13. The molecule has 0 bridgehead atoms. The first-order valence-electron chi connectivity index (χ1n) is 3.44. The van der Waals surface area contributed by atoms with E-state index in [0.717, 1.165) is 0 Å². The highest BCUT2D eigenvalue weighted by Gasteiger charge is 2.16. The maximum Gasteiger partial charge on any atom is 0.187 e. The molecule has 6 heteroatoms. The molecule has 0 spiro atoms. The van der Waals surface area contributed by atoms with Gasteiger partial charge in [0.1, 0.15) is 9.49 Å². The van der Waals surface area contributed by atoms with E-state index in [4.69, 9.17) is 0 Å². The second-order valence-corrected chi connectivity index (χ2v) is 7.22. The standard InChI is InChI=1S/C8H4Br4O2/c9-4-1-3(6(13)8(11)12)2-5(10)7(4)14/h1-2,8,14H. The molecule has 0 heterocycles. The Hall–Kier alpha value is 0.610. The summed E-state index contributed by atoms with van der Waals surface area (Å²) in [5.41, 5.74) is 0.500. The van der Waals surface area contributed by atoms with Crippen molar-refractivity contribution >= 4 is 69.5 Å². The van der Waals surface area contributed by atoms with Crippen molar-refractivity contribution in [3.63, 3.8) is 0 Å². The van der Waals surface area contributed by atoms with Crippen molar-refractivity contribution in [3.05, 3.63) is 26.6 Å². The van der Waals surface area contributed by atoms with Crippen LogP contribution < -0.4 is 0 Å². The van der Waals surface area contributed by atoms with Crippen LogP contribution in [0.2, 0.25) is 0 Å². The van der Waals surface area contributed by atoms with Crippen LogP contribution in [0.1, 0.15) is 10.4 Å². The first kappa shape index (κ1) is 12.7. The van der Waals surface area contributed by atoms with Gasteiger partial charge in [0.15, 0.2) is 5.78 Å². The van der Waals surface area contributed by atoms with Crippen molar-refractivity contribution in [2.24, 2.45) is 0 Å². The van der Waals surface area contributed by atoms with E-state index < -0.39 is 3.74 Å². The number of carbonyl (C=O) groups is 1. The van der Waals surface area contributed by atoms with Gasteiger partial charge < -0.3 is 5.11 Å². The van der Waals surface area contributed by atoms with E-state index in [1.165, 1.54) is 0 Å². The quantitative estimate of drug-likeness (QED) is 0.540.